The molecule has 58 heavy (non-hydrogen) atoms. The van der Waals surface area contributed by atoms with Gasteiger partial charge in [0.05, 0.1) is 10.6 Å². The first-order valence-corrected chi connectivity index (χ1v) is 23.3. The summed E-state index contributed by atoms with van der Waals surface area (Å²) in [5, 5.41) is 1.92. The fourth-order valence-corrected chi connectivity index (χ4v) is 13.8. The monoisotopic (exact) mass is 789 g/mol. The van der Waals surface area contributed by atoms with Crippen molar-refractivity contribution < 1.29 is 4.74 Å². The van der Waals surface area contributed by atoms with E-state index >= 15 is 0 Å². The number of thiophene rings is 1. The standard InChI is InChI=1S/C54H47NOS2/c1-3-13-35(14-4-1)39-18-9-21-44-42-32-29-37(33-50(42)57-52(39)44)34-27-30-38(31-28-34)55(47-24-11-20-43-41-17-7-8-26-49(41)56-51(43)47)48-25-12-23-46-45-22-10-19-40(53(45)58-54(46)48)36-15-5-2-6-16-36/h2-3,5-6,8-9,11,13-16,18-21,23-24,26-27,29-34,42,47,50-51H,1,4,7,10,12,17,22,25,28H2. The molecule has 2 aromatic carbocycles. The van der Waals surface area contributed by atoms with Crippen LogP contribution in [0.2, 0.25) is 0 Å². The number of fused-ring (bicyclic) bond motifs is 8. The second kappa shape index (κ2) is 14.4. The zero-order valence-corrected chi connectivity index (χ0v) is 34.4. The van der Waals surface area contributed by atoms with Gasteiger partial charge in [-0.3, -0.25) is 0 Å². The van der Waals surface area contributed by atoms with E-state index in [1.807, 2.05) is 11.3 Å². The van der Waals surface area contributed by atoms with Crippen LogP contribution in [0.25, 0.3) is 22.9 Å². The van der Waals surface area contributed by atoms with Crippen LogP contribution in [-0.4, -0.2) is 22.3 Å². The van der Waals surface area contributed by atoms with Crippen LogP contribution in [0.15, 0.2) is 173 Å². The topological polar surface area (TPSA) is 12.5 Å². The molecule has 1 aromatic heterocycles. The van der Waals surface area contributed by atoms with Gasteiger partial charge < -0.3 is 9.64 Å². The zero-order chi connectivity index (χ0) is 38.2. The highest BCUT2D eigenvalue weighted by Gasteiger charge is 2.42. The molecule has 7 aliphatic carbocycles. The second-order valence-electron chi connectivity index (χ2n) is 16.9. The third-order valence-corrected chi connectivity index (χ3v) is 16.3. The molecular formula is C54H47NOS2. The summed E-state index contributed by atoms with van der Waals surface area (Å²) in [7, 11) is 0. The van der Waals surface area contributed by atoms with Crippen LogP contribution >= 0.6 is 23.1 Å². The molecule has 9 aliphatic rings. The quantitative estimate of drug-likeness (QED) is 0.247. The van der Waals surface area contributed by atoms with Crippen molar-refractivity contribution in [1.29, 1.82) is 0 Å². The molecule has 0 saturated carbocycles. The summed E-state index contributed by atoms with van der Waals surface area (Å²) < 4.78 is 8.40. The maximum Gasteiger partial charge on any atom is 0.148 e. The first-order chi connectivity index (χ1) is 28.8. The number of hydrogen-bond donors (Lipinski definition) is 0. The van der Waals surface area contributed by atoms with E-state index in [2.05, 4.69) is 162 Å². The first-order valence-electron chi connectivity index (χ1n) is 21.6. The first kappa shape index (κ1) is 35.0. The van der Waals surface area contributed by atoms with E-state index in [0.717, 1.165) is 63.5 Å². The number of rotatable bonds is 6. The minimum atomic E-state index is -0.0207. The summed E-state index contributed by atoms with van der Waals surface area (Å²) in [5.74, 6) is 1.88. The Morgan fingerprint density at radius 3 is 2.59 bits per heavy atom. The van der Waals surface area contributed by atoms with Crippen molar-refractivity contribution in [3.05, 3.63) is 205 Å². The van der Waals surface area contributed by atoms with Gasteiger partial charge in [-0.15, -0.1) is 23.1 Å². The van der Waals surface area contributed by atoms with Crippen molar-refractivity contribution in [1.82, 2.24) is 4.90 Å². The van der Waals surface area contributed by atoms with Gasteiger partial charge in [-0.1, -0.05) is 134 Å². The summed E-state index contributed by atoms with van der Waals surface area (Å²) in [6, 6.07) is 18.1. The second-order valence-corrected chi connectivity index (χ2v) is 19.1. The van der Waals surface area contributed by atoms with Crippen LogP contribution in [0, 0.1) is 5.92 Å². The molecular weight excluding hydrogens is 743 g/mol. The van der Waals surface area contributed by atoms with E-state index in [4.69, 9.17) is 4.74 Å². The Balaban J connectivity index is 0.899. The van der Waals surface area contributed by atoms with Gasteiger partial charge >= 0.3 is 0 Å². The van der Waals surface area contributed by atoms with Crippen LogP contribution in [0.1, 0.15) is 84.4 Å². The van der Waals surface area contributed by atoms with Crippen molar-refractivity contribution >= 4 is 46.0 Å². The summed E-state index contributed by atoms with van der Waals surface area (Å²) in [4.78, 5) is 5.65. The summed E-state index contributed by atoms with van der Waals surface area (Å²) in [6.45, 7) is 0. The van der Waals surface area contributed by atoms with Crippen LogP contribution in [-0.2, 0) is 11.2 Å². The number of hydrogen-bond acceptors (Lipinski definition) is 4. The molecule has 286 valence electrons. The third kappa shape index (κ3) is 5.74. The lowest BCUT2D eigenvalue weighted by Gasteiger charge is -2.40. The van der Waals surface area contributed by atoms with E-state index < -0.39 is 0 Å². The number of nitrogens with zero attached hydrogens (tertiary/aromatic N) is 1. The number of thioether (sulfide) groups is 1. The lowest BCUT2D eigenvalue weighted by atomic mass is 9.82. The minimum absolute atomic E-state index is 0.0207. The predicted molar refractivity (Wildman–Crippen MR) is 243 cm³/mol. The van der Waals surface area contributed by atoms with Gasteiger partial charge in [0.25, 0.3) is 0 Å². The fraction of sp³-hybridized carbons (Fsp3) is 0.259. The molecule has 5 unspecified atom stereocenters. The van der Waals surface area contributed by atoms with Gasteiger partial charge in [0.2, 0.25) is 0 Å². The van der Waals surface area contributed by atoms with Crippen molar-refractivity contribution in [2.75, 3.05) is 0 Å². The Kier molecular flexibility index (Phi) is 8.65. The Morgan fingerprint density at radius 1 is 0.759 bits per heavy atom. The Bertz CT molecular complexity index is 2740. The Morgan fingerprint density at radius 2 is 1.69 bits per heavy atom. The zero-order valence-electron chi connectivity index (χ0n) is 32.8. The highest BCUT2D eigenvalue weighted by Crippen LogP contribution is 2.52. The molecule has 5 atom stereocenters. The van der Waals surface area contributed by atoms with Gasteiger partial charge in [0.1, 0.15) is 11.9 Å². The molecule has 0 bridgehead atoms. The van der Waals surface area contributed by atoms with Crippen LogP contribution in [0.5, 0.6) is 0 Å². The lowest BCUT2D eigenvalue weighted by Crippen LogP contribution is -2.46. The Hall–Kier alpha value is -5.03. The predicted octanol–water partition coefficient (Wildman–Crippen LogP) is 11.9. The smallest absolute Gasteiger partial charge is 0.148 e. The summed E-state index contributed by atoms with van der Waals surface area (Å²) >= 11 is 4.11. The van der Waals surface area contributed by atoms with Gasteiger partial charge in [0, 0.05) is 49.4 Å². The molecule has 0 saturated heterocycles. The van der Waals surface area contributed by atoms with Crippen molar-refractivity contribution in [3.63, 3.8) is 0 Å². The molecule has 2 aliphatic heterocycles. The van der Waals surface area contributed by atoms with E-state index in [9.17, 15) is 0 Å². The molecule has 0 fully saturated rings. The average molecular weight is 790 g/mol. The van der Waals surface area contributed by atoms with Crippen molar-refractivity contribution in [2.45, 2.75) is 86.0 Å². The molecule has 2 nitrogen and oxygen atoms in total. The van der Waals surface area contributed by atoms with Crippen molar-refractivity contribution in [2.24, 2.45) is 5.92 Å². The highest BCUT2D eigenvalue weighted by molar-refractivity contribution is 8.00. The van der Waals surface area contributed by atoms with Crippen LogP contribution in [0.3, 0.4) is 0 Å². The van der Waals surface area contributed by atoms with E-state index in [1.54, 1.807) is 5.56 Å². The number of allylic oxidation sites excluding steroid dienone is 15. The van der Waals surface area contributed by atoms with Gasteiger partial charge in [-0.25, -0.2) is 0 Å². The minimum Gasteiger partial charge on any atom is -0.483 e. The number of ether oxygens (including phenoxy) is 1. The van der Waals surface area contributed by atoms with Gasteiger partial charge in [-0.2, -0.15) is 0 Å². The molecule has 0 spiro atoms. The molecule has 0 amide bonds. The highest BCUT2D eigenvalue weighted by atomic mass is 32.2. The van der Waals surface area contributed by atoms with E-state index in [0.29, 0.717) is 17.1 Å². The fourth-order valence-electron chi connectivity index (χ4n) is 10.8. The lowest BCUT2D eigenvalue weighted by molar-refractivity contribution is 0.122. The molecule has 4 heteroatoms. The van der Waals surface area contributed by atoms with Gasteiger partial charge in [-0.05, 0) is 114 Å². The maximum absolute atomic E-state index is 6.94. The van der Waals surface area contributed by atoms with E-state index in [-0.39, 0.29) is 12.1 Å². The normalized spacial score (nSPS) is 27.1. The van der Waals surface area contributed by atoms with E-state index in [1.165, 1.54) is 75.5 Å². The third-order valence-electron chi connectivity index (χ3n) is 13.6. The Labute approximate surface area is 350 Å². The molecule has 0 radical (unpaired) electrons. The van der Waals surface area contributed by atoms with Crippen LogP contribution in [0.4, 0.5) is 0 Å². The largest absolute Gasteiger partial charge is 0.483 e. The summed E-state index contributed by atoms with van der Waals surface area (Å²) in [5.41, 5.74) is 15.6. The van der Waals surface area contributed by atoms with Crippen molar-refractivity contribution in [3.8, 4) is 0 Å². The maximum atomic E-state index is 6.94. The SMILES string of the molecule is C1=CC(N(C2=CCC(C3=CC4Sc5c(C6=CCCC=C6)cccc5C4C=C3)C=C2)C2=c3sc4c(c3=CCC2)CCC=C4c2ccccc2)C2OC3=C(CCC=C3)C2=C1. The van der Waals surface area contributed by atoms with Gasteiger partial charge in [0.15, 0.2) is 0 Å². The summed E-state index contributed by atoms with van der Waals surface area (Å²) in [6.07, 6.45) is 48.4. The molecule has 0 N–H and O–H groups in total. The number of benzene rings is 2. The molecule has 3 aromatic rings. The average Bonchev–Trinajstić information content (AvgIpc) is 3.99. The molecule has 12 rings (SSSR count). The molecule has 3 heterocycles. The van der Waals surface area contributed by atoms with Crippen LogP contribution < -0.4 is 9.75 Å².